The van der Waals surface area contributed by atoms with Crippen LogP contribution in [0.25, 0.3) is 5.69 Å². The van der Waals surface area contributed by atoms with Crippen molar-refractivity contribution in [1.29, 1.82) is 0 Å². The Kier molecular flexibility index (Phi) is 1.98. The van der Waals surface area contributed by atoms with Gasteiger partial charge in [0.1, 0.15) is 5.82 Å². The van der Waals surface area contributed by atoms with Crippen LogP contribution in [0.1, 0.15) is 10.4 Å². The maximum atomic E-state index is 10.6. The van der Waals surface area contributed by atoms with Gasteiger partial charge in [-0.2, -0.15) is 0 Å². The number of hydrogen-bond acceptors (Lipinski definition) is 4. The van der Waals surface area contributed by atoms with E-state index in [0.29, 0.717) is 11.8 Å². The van der Waals surface area contributed by atoms with Crippen LogP contribution in [0.3, 0.4) is 0 Å². The lowest BCUT2D eigenvalue weighted by Gasteiger charge is -2.03. The first-order valence-electron chi connectivity index (χ1n) is 4.00. The lowest BCUT2D eigenvalue weighted by molar-refractivity contribution is 0.112. The number of hydrogen-bond donors (Lipinski definition) is 1. The molecular weight excluding hydrogens is 180 g/mol. The molecule has 0 fully saturated rings. The molecule has 0 unspecified atom stereocenters. The molecule has 0 atom stereocenters. The average Bonchev–Trinajstić information content (AvgIpc) is 2.71. The van der Waals surface area contributed by atoms with Gasteiger partial charge in [-0.3, -0.25) is 4.79 Å². The predicted molar refractivity (Wildman–Crippen MR) is 51.2 cm³/mol. The SMILES string of the molecule is Nc1ncc(-n2ccnc2)cc1C=O. The van der Waals surface area contributed by atoms with E-state index in [1.807, 2.05) is 0 Å². The third-order valence-corrected chi connectivity index (χ3v) is 1.86. The number of aldehydes is 1. The van der Waals surface area contributed by atoms with E-state index < -0.39 is 0 Å². The molecule has 5 heteroatoms. The zero-order chi connectivity index (χ0) is 9.97. The predicted octanol–water partition coefficient (Wildman–Crippen LogP) is 0.662. The van der Waals surface area contributed by atoms with Crippen LogP contribution >= 0.6 is 0 Å². The second-order valence-corrected chi connectivity index (χ2v) is 2.76. The molecule has 2 rings (SSSR count). The molecular formula is C9H8N4O. The first-order valence-corrected chi connectivity index (χ1v) is 4.00. The lowest BCUT2D eigenvalue weighted by Crippen LogP contribution is -1.99. The van der Waals surface area contributed by atoms with E-state index in [4.69, 9.17) is 5.73 Å². The van der Waals surface area contributed by atoms with Crippen molar-refractivity contribution in [3.63, 3.8) is 0 Å². The van der Waals surface area contributed by atoms with Crippen molar-refractivity contribution in [3.05, 3.63) is 36.5 Å². The number of aromatic nitrogens is 3. The van der Waals surface area contributed by atoms with Crippen LogP contribution in [0.4, 0.5) is 5.82 Å². The van der Waals surface area contributed by atoms with Crippen molar-refractivity contribution in [2.45, 2.75) is 0 Å². The summed E-state index contributed by atoms with van der Waals surface area (Å²) in [6.45, 7) is 0. The van der Waals surface area contributed by atoms with E-state index in [-0.39, 0.29) is 5.82 Å². The van der Waals surface area contributed by atoms with Crippen molar-refractivity contribution >= 4 is 12.1 Å². The number of rotatable bonds is 2. The number of imidazole rings is 1. The van der Waals surface area contributed by atoms with Gasteiger partial charge in [0.25, 0.3) is 0 Å². The first-order chi connectivity index (χ1) is 6.81. The van der Waals surface area contributed by atoms with Gasteiger partial charge in [0.15, 0.2) is 6.29 Å². The minimum Gasteiger partial charge on any atom is -0.383 e. The molecule has 2 aromatic heterocycles. The maximum absolute atomic E-state index is 10.6. The van der Waals surface area contributed by atoms with Crippen LogP contribution in [0.5, 0.6) is 0 Å². The summed E-state index contributed by atoms with van der Waals surface area (Å²) in [6, 6.07) is 1.66. The topological polar surface area (TPSA) is 73.8 Å². The van der Waals surface area contributed by atoms with Crippen molar-refractivity contribution < 1.29 is 4.79 Å². The third-order valence-electron chi connectivity index (χ3n) is 1.86. The lowest BCUT2D eigenvalue weighted by atomic mass is 10.2. The van der Waals surface area contributed by atoms with Crippen LogP contribution in [-0.4, -0.2) is 20.8 Å². The van der Waals surface area contributed by atoms with Gasteiger partial charge in [-0.05, 0) is 6.07 Å². The van der Waals surface area contributed by atoms with Crippen LogP contribution in [0.15, 0.2) is 31.0 Å². The second-order valence-electron chi connectivity index (χ2n) is 2.76. The highest BCUT2D eigenvalue weighted by Gasteiger charge is 2.02. The average molecular weight is 188 g/mol. The molecule has 0 radical (unpaired) electrons. The Hall–Kier alpha value is -2.17. The molecule has 14 heavy (non-hydrogen) atoms. The Bertz CT molecular complexity index is 450. The fraction of sp³-hybridized carbons (Fsp3) is 0. The summed E-state index contributed by atoms with van der Waals surface area (Å²) in [5.41, 5.74) is 6.63. The van der Waals surface area contributed by atoms with Gasteiger partial charge in [0.2, 0.25) is 0 Å². The van der Waals surface area contributed by atoms with E-state index in [2.05, 4.69) is 9.97 Å². The fourth-order valence-corrected chi connectivity index (χ4v) is 1.13. The molecule has 5 nitrogen and oxygen atoms in total. The van der Waals surface area contributed by atoms with Gasteiger partial charge in [-0.25, -0.2) is 9.97 Å². The Labute approximate surface area is 80.2 Å². The summed E-state index contributed by atoms with van der Waals surface area (Å²) in [6.07, 6.45) is 7.31. The monoisotopic (exact) mass is 188 g/mol. The van der Waals surface area contributed by atoms with Crippen molar-refractivity contribution in [2.75, 3.05) is 5.73 Å². The maximum Gasteiger partial charge on any atom is 0.153 e. The van der Waals surface area contributed by atoms with Gasteiger partial charge in [0.05, 0.1) is 23.8 Å². The molecule has 0 spiro atoms. The molecule has 0 aromatic carbocycles. The Morgan fingerprint density at radius 3 is 3.00 bits per heavy atom. The van der Waals surface area contributed by atoms with Gasteiger partial charge in [-0.15, -0.1) is 0 Å². The van der Waals surface area contributed by atoms with Gasteiger partial charge < -0.3 is 10.3 Å². The second kappa shape index (κ2) is 3.29. The number of pyridine rings is 1. The molecule has 0 saturated heterocycles. The summed E-state index contributed by atoms with van der Waals surface area (Å²) in [5.74, 6) is 0.240. The zero-order valence-electron chi connectivity index (χ0n) is 7.29. The molecule has 2 heterocycles. The summed E-state index contributed by atoms with van der Waals surface area (Å²) in [7, 11) is 0. The largest absolute Gasteiger partial charge is 0.383 e. The number of nitrogens with two attached hydrogens (primary N) is 1. The molecule has 2 aromatic rings. The van der Waals surface area contributed by atoms with E-state index in [1.165, 1.54) is 0 Å². The van der Waals surface area contributed by atoms with E-state index >= 15 is 0 Å². The quantitative estimate of drug-likeness (QED) is 0.702. The summed E-state index contributed by atoms with van der Waals surface area (Å²) in [4.78, 5) is 18.4. The highest BCUT2D eigenvalue weighted by molar-refractivity contribution is 5.82. The van der Waals surface area contributed by atoms with Crippen molar-refractivity contribution in [1.82, 2.24) is 14.5 Å². The minimum absolute atomic E-state index is 0.240. The standard InChI is InChI=1S/C9H8N4O/c10-9-7(5-14)3-8(4-12-9)13-2-1-11-6-13/h1-6H,(H2,10,12). The molecule has 0 aliphatic rings. The van der Waals surface area contributed by atoms with Crippen molar-refractivity contribution in [2.24, 2.45) is 0 Å². The molecule has 0 aliphatic heterocycles. The van der Waals surface area contributed by atoms with Crippen LogP contribution < -0.4 is 5.73 Å². The summed E-state index contributed by atoms with van der Waals surface area (Å²) < 4.78 is 1.75. The normalized spacial score (nSPS) is 10.0. The third kappa shape index (κ3) is 1.35. The molecule has 0 saturated carbocycles. The number of carbonyl (C=O) groups is 1. The zero-order valence-corrected chi connectivity index (χ0v) is 7.29. The smallest absolute Gasteiger partial charge is 0.153 e. The molecule has 2 N–H and O–H groups in total. The van der Waals surface area contributed by atoms with Crippen LogP contribution in [0.2, 0.25) is 0 Å². The van der Waals surface area contributed by atoms with E-state index in [0.717, 1.165) is 5.69 Å². The Balaban J connectivity index is 2.51. The summed E-state index contributed by atoms with van der Waals surface area (Å²) in [5, 5.41) is 0. The molecule has 0 amide bonds. The summed E-state index contributed by atoms with van der Waals surface area (Å²) >= 11 is 0. The number of carbonyl (C=O) groups excluding carboxylic acids is 1. The van der Waals surface area contributed by atoms with Gasteiger partial charge in [-0.1, -0.05) is 0 Å². The van der Waals surface area contributed by atoms with Crippen LogP contribution in [-0.2, 0) is 0 Å². The van der Waals surface area contributed by atoms with Crippen molar-refractivity contribution in [3.8, 4) is 5.69 Å². The first kappa shape index (κ1) is 8.43. The number of nitrogen functional groups attached to an aromatic ring is 1. The Morgan fingerprint density at radius 2 is 2.36 bits per heavy atom. The Morgan fingerprint density at radius 1 is 1.50 bits per heavy atom. The van der Waals surface area contributed by atoms with Gasteiger partial charge in [0, 0.05) is 12.4 Å². The minimum atomic E-state index is 0.240. The van der Waals surface area contributed by atoms with E-state index in [1.54, 1.807) is 35.6 Å². The molecule has 0 aliphatic carbocycles. The van der Waals surface area contributed by atoms with E-state index in [9.17, 15) is 4.79 Å². The van der Waals surface area contributed by atoms with Gasteiger partial charge >= 0.3 is 0 Å². The molecule has 70 valence electrons. The molecule has 0 bridgehead atoms. The highest BCUT2D eigenvalue weighted by Crippen LogP contribution is 2.11. The highest BCUT2D eigenvalue weighted by atomic mass is 16.1. The fourth-order valence-electron chi connectivity index (χ4n) is 1.13. The number of anilines is 1. The number of nitrogens with zero attached hydrogens (tertiary/aromatic N) is 3. The van der Waals surface area contributed by atoms with Crippen LogP contribution in [0, 0.1) is 0 Å².